The van der Waals surface area contributed by atoms with Crippen molar-refractivity contribution in [3.8, 4) is 16.9 Å². The van der Waals surface area contributed by atoms with Gasteiger partial charge in [0.05, 0.1) is 36.7 Å². The summed E-state index contributed by atoms with van der Waals surface area (Å²) in [7, 11) is 5.82. The number of imidazole rings is 1. The number of aromatic nitrogens is 5. The van der Waals surface area contributed by atoms with E-state index in [1.165, 1.54) is 0 Å². The Hall–Kier alpha value is -3.82. The number of nitrogens with one attached hydrogen (secondary N) is 1. The van der Waals surface area contributed by atoms with Crippen LogP contribution in [-0.4, -0.2) is 70.3 Å². The summed E-state index contributed by atoms with van der Waals surface area (Å²) in [6.45, 7) is 4.79. The van der Waals surface area contributed by atoms with Gasteiger partial charge in [0, 0.05) is 43.0 Å². The Labute approximate surface area is 216 Å². The smallest absolute Gasteiger partial charge is 0.177 e. The van der Waals surface area contributed by atoms with Gasteiger partial charge in [-0.2, -0.15) is 0 Å². The third kappa shape index (κ3) is 4.56. The molecule has 0 saturated carbocycles. The fourth-order valence-corrected chi connectivity index (χ4v) is 5.15. The first kappa shape index (κ1) is 23.6. The summed E-state index contributed by atoms with van der Waals surface area (Å²) in [5, 5.41) is 0. The Morgan fingerprint density at radius 2 is 2.05 bits per heavy atom. The SMILES string of the molecule is COC1C=Cc2c(nc(CN(C)C)nc2N2CCOc3c(C)cc(-c4cnc5nc[nH]c5c4)cc3C2)C1. The molecule has 9 nitrogen and oxygen atoms in total. The van der Waals surface area contributed by atoms with Gasteiger partial charge in [0.2, 0.25) is 0 Å². The molecule has 1 aliphatic carbocycles. The Morgan fingerprint density at radius 1 is 1.16 bits per heavy atom. The van der Waals surface area contributed by atoms with E-state index in [9.17, 15) is 0 Å². The number of rotatable bonds is 5. The maximum atomic E-state index is 6.29. The molecule has 0 fully saturated rings. The van der Waals surface area contributed by atoms with Gasteiger partial charge in [-0.05, 0) is 50.3 Å². The topological polar surface area (TPSA) is 92.3 Å². The zero-order valence-electron chi connectivity index (χ0n) is 21.7. The van der Waals surface area contributed by atoms with Crippen LogP contribution >= 0.6 is 0 Å². The van der Waals surface area contributed by atoms with Crippen molar-refractivity contribution in [2.75, 3.05) is 39.3 Å². The van der Waals surface area contributed by atoms with Crippen LogP contribution in [0.5, 0.6) is 5.75 Å². The van der Waals surface area contributed by atoms with Crippen molar-refractivity contribution < 1.29 is 9.47 Å². The first-order chi connectivity index (χ1) is 18.0. The molecular weight excluding hydrogens is 466 g/mol. The molecule has 2 aliphatic rings. The standard InChI is InChI=1S/C28H31N7O2/c1-17-9-18(19-11-24-27(29-13-19)31-16-30-24)10-20-14-35(7-8-37-26(17)20)28-22-6-5-21(36-4)12-23(22)32-25(33-28)15-34(2)3/h5-6,9-11,13,16,21H,7-8,12,14-15H2,1-4H3,(H,29,30,31). The maximum absolute atomic E-state index is 6.29. The average molecular weight is 498 g/mol. The second-order valence-electron chi connectivity index (χ2n) is 9.95. The van der Waals surface area contributed by atoms with E-state index in [0.717, 1.165) is 75.0 Å². The van der Waals surface area contributed by atoms with Crippen LogP contribution in [0.15, 0.2) is 36.8 Å². The lowest BCUT2D eigenvalue weighted by Gasteiger charge is -2.27. The number of methoxy groups -OCH3 is 1. The van der Waals surface area contributed by atoms with Crippen molar-refractivity contribution in [3.63, 3.8) is 0 Å². The summed E-state index contributed by atoms with van der Waals surface area (Å²) < 4.78 is 11.9. The number of fused-ring (bicyclic) bond motifs is 3. The van der Waals surface area contributed by atoms with Crippen molar-refractivity contribution in [1.29, 1.82) is 0 Å². The molecule has 0 bridgehead atoms. The van der Waals surface area contributed by atoms with Crippen LogP contribution in [0.2, 0.25) is 0 Å². The first-order valence-electron chi connectivity index (χ1n) is 12.5. The number of ether oxygens (including phenoxy) is 2. The van der Waals surface area contributed by atoms with Crippen LogP contribution in [-0.2, 0) is 24.2 Å². The number of anilines is 1. The monoisotopic (exact) mass is 497 g/mol. The molecule has 1 aliphatic heterocycles. The van der Waals surface area contributed by atoms with Crippen LogP contribution < -0.4 is 9.64 Å². The first-order valence-corrected chi connectivity index (χ1v) is 12.5. The highest BCUT2D eigenvalue weighted by molar-refractivity contribution is 5.78. The molecule has 0 saturated heterocycles. The third-order valence-corrected chi connectivity index (χ3v) is 6.91. The molecule has 3 aromatic heterocycles. The van der Waals surface area contributed by atoms with Crippen LogP contribution in [0.4, 0.5) is 5.82 Å². The Morgan fingerprint density at radius 3 is 2.89 bits per heavy atom. The molecule has 1 atom stereocenters. The minimum atomic E-state index is 0.0293. The normalized spacial score (nSPS) is 17.0. The lowest BCUT2D eigenvalue weighted by Crippen LogP contribution is -2.30. The van der Waals surface area contributed by atoms with Gasteiger partial charge in [0.15, 0.2) is 5.65 Å². The minimum Gasteiger partial charge on any atom is -0.491 e. The molecule has 6 rings (SSSR count). The van der Waals surface area contributed by atoms with Gasteiger partial charge in [-0.1, -0.05) is 12.2 Å². The van der Waals surface area contributed by atoms with E-state index in [1.54, 1.807) is 13.4 Å². The van der Waals surface area contributed by atoms with Crippen LogP contribution in [0, 0.1) is 6.92 Å². The third-order valence-electron chi connectivity index (χ3n) is 6.91. The summed E-state index contributed by atoms with van der Waals surface area (Å²) >= 11 is 0. The highest BCUT2D eigenvalue weighted by Gasteiger charge is 2.26. The molecule has 0 radical (unpaired) electrons. The fraction of sp³-hybridized carbons (Fsp3) is 0.357. The Balaban J connectivity index is 1.40. The molecule has 4 aromatic rings. The Bertz CT molecular complexity index is 1490. The maximum Gasteiger partial charge on any atom is 0.177 e. The molecule has 1 N–H and O–H groups in total. The van der Waals surface area contributed by atoms with E-state index in [0.29, 0.717) is 19.7 Å². The summed E-state index contributed by atoms with van der Waals surface area (Å²) in [5.74, 6) is 2.72. The van der Waals surface area contributed by atoms with Crippen molar-refractivity contribution in [3.05, 3.63) is 65.0 Å². The molecule has 1 aromatic carbocycles. The number of pyridine rings is 1. The number of aryl methyl sites for hydroxylation is 1. The predicted molar refractivity (Wildman–Crippen MR) is 144 cm³/mol. The van der Waals surface area contributed by atoms with Gasteiger partial charge in [-0.3, -0.25) is 0 Å². The lowest BCUT2D eigenvalue weighted by atomic mass is 9.98. The predicted octanol–water partition coefficient (Wildman–Crippen LogP) is 3.77. The van der Waals surface area contributed by atoms with Gasteiger partial charge in [-0.25, -0.2) is 19.9 Å². The van der Waals surface area contributed by atoms with Crippen molar-refractivity contribution in [2.45, 2.75) is 32.5 Å². The van der Waals surface area contributed by atoms with Gasteiger partial charge in [0.25, 0.3) is 0 Å². The van der Waals surface area contributed by atoms with E-state index >= 15 is 0 Å². The van der Waals surface area contributed by atoms with E-state index < -0.39 is 0 Å². The highest BCUT2D eigenvalue weighted by Crippen LogP contribution is 2.36. The van der Waals surface area contributed by atoms with Crippen LogP contribution in [0.3, 0.4) is 0 Å². The molecule has 37 heavy (non-hydrogen) atoms. The molecule has 9 heteroatoms. The number of nitrogens with zero attached hydrogens (tertiary/aromatic N) is 6. The fourth-order valence-electron chi connectivity index (χ4n) is 5.15. The lowest BCUT2D eigenvalue weighted by molar-refractivity contribution is 0.140. The molecule has 1 unspecified atom stereocenters. The molecule has 0 amide bonds. The van der Waals surface area contributed by atoms with Crippen molar-refractivity contribution in [1.82, 2.24) is 29.8 Å². The highest BCUT2D eigenvalue weighted by atomic mass is 16.5. The van der Waals surface area contributed by atoms with Gasteiger partial charge in [0.1, 0.15) is 24.0 Å². The van der Waals surface area contributed by atoms with E-state index in [1.807, 2.05) is 20.3 Å². The molecule has 190 valence electrons. The van der Waals surface area contributed by atoms with E-state index in [2.05, 4.69) is 62.0 Å². The zero-order chi connectivity index (χ0) is 25.5. The molecule has 0 spiro atoms. The number of H-pyrrole nitrogens is 1. The van der Waals surface area contributed by atoms with Crippen molar-refractivity contribution in [2.24, 2.45) is 0 Å². The number of benzene rings is 1. The molecule has 4 heterocycles. The Kier molecular flexibility index (Phi) is 6.10. The van der Waals surface area contributed by atoms with Gasteiger partial charge in [-0.15, -0.1) is 0 Å². The average Bonchev–Trinajstić information content (AvgIpc) is 3.25. The van der Waals surface area contributed by atoms with Gasteiger partial charge >= 0.3 is 0 Å². The summed E-state index contributed by atoms with van der Waals surface area (Å²) in [6.07, 6.45) is 8.54. The van der Waals surface area contributed by atoms with E-state index in [4.69, 9.17) is 19.4 Å². The second-order valence-corrected chi connectivity index (χ2v) is 9.95. The minimum absolute atomic E-state index is 0.0293. The van der Waals surface area contributed by atoms with Crippen LogP contribution in [0.25, 0.3) is 28.4 Å². The summed E-state index contributed by atoms with van der Waals surface area (Å²) in [4.78, 5) is 26.3. The quantitative estimate of drug-likeness (QED) is 0.446. The summed E-state index contributed by atoms with van der Waals surface area (Å²) in [6, 6.07) is 6.48. The van der Waals surface area contributed by atoms with E-state index in [-0.39, 0.29) is 6.10 Å². The summed E-state index contributed by atoms with van der Waals surface area (Å²) in [5.41, 5.74) is 8.13. The van der Waals surface area contributed by atoms with Crippen LogP contribution in [0.1, 0.15) is 28.2 Å². The number of hydrogen-bond acceptors (Lipinski definition) is 8. The number of aromatic amines is 1. The van der Waals surface area contributed by atoms with Gasteiger partial charge < -0.3 is 24.3 Å². The molecular formula is C28H31N7O2. The number of hydrogen-bond donors (Lipinski definition) is 1. The second kappa shape index (κ2) is 9.57. The zero-order valence-corrected chi connectivity index (χ0v) is 21.7. The largest absolute Gasteiger partial charge is 0.491 e. The van der Waals surface area contributed by atoms with Crippen molar-refractivity contribution >= 4 is 23.1 Å².